The lowest BCUT2D eigenvalue weighted by Crippen LogP contribution is -2.40. The van der Waals surface area contributed by atoms with Gasteiger partial charge in [-0.05, 0) is 25.0 Å². The van der Waals surface area contributed by atoms with Crippen LogP contribution in [0.25, 0.3) is 0 Å². The van der Waals surface area contributed by atoms with Gasteiger partial charge in [0.05, 0.1) is 5.92 Å². The molecule has 1 aromatic heterocycles. The molecule has 1 fully saturated rings. The van der Waals surface area contributed by atoms with Crippen LogP contribution in [0.15, 0.2) is 18.3 Å². The molecule has 2 unspecified atom stereocenters. The van der Waals surface area contributed by atoms with Gasteiger partial charge in [0.1, 0.15) is 5.82 Å². The van der Waals surface area contributed by atoms with E-state index in [1.54, 1.807) is 18.3 Å². The molecule has 5 heteroatoms. The number of amides is 1. The third-order valence-corrected chi connectivity index (χ3v) is 3.36. The van der Waals surface area contributed by atoms with Crippen molar-refractivity contribution in [2.75, 3.05) is 5.32 Å². The quantitative estimate of drug-likeness (QED) is 0.849. The standard InChI is InChI=1S/C12H16ClN3O/c13-8-5-6-15-11(7-8)16-12(17)9-3-1-2-4-10(9)14/h5-7,9-10H,1-4,14H2,(H,15,16,17). The van der Waals surface area contributed by atoms with E-state index >= 15 is 0 Å². The maximum atomic E-state index is 12.0. The van der Waals surface area contributed by atoms with E-state index in [0.717, 1.165) is 25.7 Å². The molecule has 2 atom stereocenters. The number of rotatable bonds is 2. The van der Waals surface area contributed by atoms with Gasteiger partial charge in [0, 0.05) is 17.3 Å². The first-order valence-corrected chi connectivity index (χ1v) is 6.22. The number of carbonyl (C=O) groups is 1. The summed E-state index contributed by atoms with van der Waals surface area (Å²) in [6.07, 6.45) is 5.52. The molecule has 0 saturated heterocycles. The molecule has 1 aliphatic carbocycles. The number of pyridine rings is 1. The lowest BCUT2D eigenvalue weighted by molar-refractivity contribution is -0.121. The van der Waals surface area contributed by atoms with Crippen LogP contribution in [0.4, 0.5) is 5.82 Å². The van der Waals surface area contributed by atoms with E-state index in [2.05, 4.69) is 10.3 Å². The summed E-state index contributed by atoms with van der Waals surface area (Å²) in [5.74, 6) is 0.330. The van der Waals surface area contributed by atoms with Crippen LogP contribution in [0.5, 0.6) is 0 Å². The Hall–Kier alpha value is -1.13. The molecule has 0 radical (unpaired) electrons. The predicted octanol–water partition coefficient (Wildman–Crippen LogP) is 2.19. The maximum Gasteiger partial charge on any atom is 0.230 e. The number of nitrogens with two attached hydrogens (primary N) is 1. The van der Waals surface area contributed by atoms with Crippen LogP contribution in [-0.4, -0.2) is 16.9 Å². The molecule has 0 aliphatic heterocycles. The van der Waals surface area contributed by atoms with Gasteiger partial charge in [0.2, 0.25) is 5.91 Å². The summed E-state index contributed by atoms with van der Waals surface area (Å²) in [6, 6.07) is 3.26. The molecule has 1 saturated carbocycles. The van der Waals surface area contributed by atoms with Crippen molar-refractivity contribution in [2.24, 2.45) is 11.7 Å². The summed E-state index contributed by atoms with van der Waals surface area (Å²) < 4.78 is 0. The first-order chi connectivity index (χ1) is 8.16. The molecule has 0 bridgehead atoms. The van der Waals surface area contributed by atoms with Crippen molar-refractivity contribution >= 4 is 23.3 Å². The average Bonchev–Trinajstić information content (AvgIpc) is 2.29. The molecule has 1 heterocycles. The second-order valence-electron chi connectivity index (χ2n) is 4.40. The van der Waals surface area contributed by atoms with Crippen molar-refractivity contribution < 1.29 is 4.79 Å². The monoisotopic (exact) mass is 253 g/mol. The molecule has 1 aromatic rings. The van der Waals surface area contributed by atoms with Crippen LogP contribution < -0.4 is 11.1 Å². The second kappa shape index (κ2) is 5.47. The van der Waals surface area contributed by atoms with E-state index in [1.807, 2.05) is 0 Å². The Labute approximate surface area is 106 Å². The van der Waals surface area contributed by atoms with E-state index in [0.29, 0.717) is 10.8 Å². The van der Waals surface area contributed by atoms with Gasteiger partial charge >= 0.3 is 0 Å². The number of aromatic nitrogens is 1. The summed E-state index contributed by atoms with van der Waals surface area (Å²) in [7, 11) is 0. The Balaban J connectivity index is 2.01. The first kappa shape index (κ1) is 12.3. The third-order valence-electron chi connectivity index (χ3n) is 3.13. The second-order valence-corrected chi connectivity index (χ2v) is 4.84. The molecule has 2 rings (SSSR count). The van der Waals surface area contributed by atoms with Gasteiger partial charge in [-0.2, -0.15) is 0 Å². The summed E-state index contributed by atoms with van der Waals surface area (Å²) in [5.41, 5.74) is 5.96. The van der Waals surface area contributed by atoms with E-state index in [9.17, 15) is 4.79 Å². The Morgan fingerprint density at radius 1 is 1.47 bits per heavy atom. The molecule has 4 nitrogen and oxygen atoms in total. The van der Waals surface area contributed by atoms with E-state index in [-0.39, 0.29) is 17.9 Å². The minimum absolute atomic E-state index is 0.0389. The highest BCUT2D eigenvalue weighted by atomic mass is 35.5. The average molecular weight is 254 g/mol. The molecular weight excluding hydrogens is 238 g/mol. The minimum atomic E-state index is -0.107. The Bertz CT molecular complexity index is 410. The predicted molar refractivity (Wildman–Crippen MR) is 67.8 cm³/mol. The molecule has 0 aromatic carbocycles. The molecular formula is C12H16ClN3O. The number of hydrogen-bond acceptors (Lipinski definition) is 3. The summed E-state index contributed by atoms with van der Waals surface area (Å²) >= 11 is 5.83. The van der Waals surface area contributed by atoms with E-state index in [1.165, 1.54) is 0 Å². The molecule has 92 valence electrons. The van der Waals surface area contributed by atoms with E-state index in [4.69, 9.17) is 17.3 Å². The van der Waals surface area contributed by atoms with Crippen molar-refractivity contribution in [3.05, 3.63) is 23.4 Å². The van der Waals surface area contributed by atoms with Crippen LogP contribution in [0.2, 0.25) is 5.02 Å². The molecule has 3 N–H and O–H groups in total. The van der Waals surface area contributed by atoms with Gasteiger partial charge < -0.3 is 11.1 Å². The van der Waals surface area contributed by atoms with Crippen LogP contribution in [-0.2, 0) is 4.79 Å². The number of hydrogen-bond donors (Lipinski definition) is 2. The Morgan fingerprint density at radius 3 is 2.94 bits per heavy atom. The number of nitrogens with zero attached hydrogens (tertiary/aromatic N) is 1. The lowest BCUT2D eigenvalue weighted by Gasteiger charge is -2.27. The van der Waals surface area contributed by atoms with Crippen molar-refractivity contribution in [1.29, 1.82) is 0 Å². The van der Waals surface area contributed by atoms with Crippen molar-refractivity contribution in [1.82, 2.24) is 4.98 Å². The lowest BCUT2D eigenvalue weighted by atomic mass is 9.84. The van der Waals surface area contributed by atoms with Gasteiger partial charge in [0.15, 0.2) is 0 Å². The van der Waals surface area contributed by atoms with Crippen LogP contribution >= 0.6 is 11.6 Å². The van der Waals surface area contributed by atoms with Crippen molar-refractivity contribution in [3.63, 3.8) is 0 Å². The van der Waals surface area contributed by atoms with Gasteiger partial charge in [-0.3, -0.25) is 4.79 Å². The molecule has 1 aliphatic rings. The minimum Gasteiger partial charge on any atom is -0.327 e. The normalized spacial score (nSPS) is 24.4. The fourth-order valence-electron chi connectivity index (χ4n) is 2.18. The van der Waals surface area contributed by atoms with Crippen LogP contribution in [0.3, 0.4) is 0 Å². The van der Waals surface area contributed by atoms with Crippen molar-refractivity contribution in [2.45, 2.75) is 31.7 Å². The van der Waals surface area contributed by atoms with Crippen molar-refractivity contribution in [3.8, 4) is 0 Å². The van der Waals surface area contributed by atoms with Gasteiger partial charge in [-0.15, -0.1) is 0 Å². The topological polar surface area (TPSA) is 68.0 Å². The summed E-state index contributed by atoms with van der Waals surface area (Å²) in [5, 5.41) is 3.33. The molecule has 17 heavy (non-hydrogen) atoms. The highest BCUT2D eigenvalue weighted by molar-refractivity contribution is 6.30. The molecule has 1 amide bonds. The zero-order valence-corrected chi connectivity index (χ0v) is 10.3. The zero-order valence-electron chi connectivity index (χ0n) is 9.53. The first-order valence-electron chi connectivity index (χ1n) is 5.85. The van der Waals surface area contributed by atoms with Crippen LogP contribution in [0.1, 0.15) is 25.7 Å². The SMILES string of the molecule is NC1CCCCC1C(=O)Nc1cc(Cl)ccn1. The molecule has 0 spiro atoms. The third kappa shape index (κ3) is 3.17. The Kier molecular flexibility index (Phi) is 3.97. The van der Waals surface area contributed by atoms with Gasteiger partial charge in [0.25, 0.3) is 0 Å². The number of carbonyl (C=O) groups excluding carboxylic acids is 1. The Morgan fingerprint density at radius 2 is 2.24 bits per heavy atom. The highest BCUT2D eigenvalue weighted by Crippen LogP contribution is 2.24. The number of nitrogens with one attached hydrogen (secondary N) is 1. The highest BCUT2D eigenvalue weighted by Gasteiger charge is 2.28. The zero-order chi connectivity index (χ0) is 12.3. The summed E-state index contributed by atoms with van der Waals surface area (Å²) in [4.78, 5) is 16.1. The van der Waals surface area contributed by atoms with Crippen LogP contribution in [0, 0.1) is 5.92 Å². The largest absolute Gasteiger partial charge is 0.327 e. The number of halogens is 1. The van der Waals surface area contributed by atoms with Gasteiger partial charge in [-0.1, -0.05) is 24.4 Å². The number of anilines is 1. The fraction of sp³-hybridized carbons (Fsp3) is 0.500. The smallest absolute Gasteiger partial charge is 0.230 e. The van der Waals surface area contributed by atoms with Gasteiger partial charge in [-0.25, -0.2) is 4.98 Å². The fourth-order valence-corrected chi connectivity index (χ4v) is 2.34. The van der Waals surface area contributed by atoms with E-state index < -0.39 is 0 Å². The maximum absolute atomic E-state index is 12.0. The summed E-state index contributed by atoms with van der Waals surface area (Å²) in [6.45, 7) is 0.